The number of hydrogen-bond donors (Lipinski definition) is 3. The van der Waals surface area contributed by atoms with Crippen LogP contribution in [0.3, 0.4) is 0 Å². The minimum atomic E-state index is -0.519. The van der Waals surface area contributed by atoms with Crippen molar-refractivity contribution < 1.29 is 14.2 Å². The summed E-state index contributed by atoms with van der Waals surface area (Å²) in [5.41, 5.74) is 6.52. The van der Waals surface area contributed by atoms with Crippen LogP contribution in [0.4, 0.5) is 17.2 Å². The van der Waals surface area contributed by atoms with Crippen molar-refractivity contribution in [2.24, 2.45) is 0 Å². The van der Waals surface area contributed by atoms with Gasteiger partial charge in [0.15, 0.2) is 0 Å². The van der Waals surface area contributed by atoms with Crippen LogP contribution in [0.2, 0.25) is 0 Å². The average Bonchev–Trinajstić information content (AvgIpc) is 2.87. The van der Waals surface area contributed by atoms with Crippen molar-refractivity contribution in [3.8, 4) is 0 Å². The first-order valence-electron chi connectivity index (χ1n) is 5.89. The summed E-state index contributed by atoms with van der Waals surface area (Å²) in [6.45, 7) is 1.76. The summed E-state index contributed by atoms with van der Waals surface area (Å²) in [4.78, 5) is 23.0. The van der Waals surface area contributed by atoms with E-state index in [-0.39, 0.29) is 17.4 Å². The maximum atomic E-state index is 11.8. The number of nitrogen functional groups attached to an aromatic ring is 1. The van der Waals surface area contributed by atoms with Gasteiger partial charge in [0.25, 0.3) is 5.91 Å². The number of nitrogens with zero attached hydrogens (tertiary/aromatic N) is 2. The highest BCUT2D eigenvalue weighted by molar-refractivity contribution is 6.05. The molecule has 1 aromatic carbocycles. The fourth-order valence-electron chi connectivity index (χ4n) is 1.43. The Morgan fingerprint density at radius 2 is 1.75 bits per heavy atom. The largest absolute Gasteiger partial charge is 0.379 e. The number of nitrogens with one attached hydrogen (secondary N) is 2. The predicted octanol–water partition coefficient (Wildman–Crippen LogP) is 1.25. The van der Waals surface area contributed by atoms with Gasteiger partial charge in [0.1, 0.15) is 0 Å². The van der Waals surface area contributed by atoms with Crippen LogP contribution >= 0.6 is 0 Å². The van der Waals surface area contributed by atoms with Gasteiger partial charge < -0.3 is 16.4 Å². The number of hydrogen-bond acceptors (Lipinski definition) is 6. The molecule has 2 aromatic rings. The molecule has 8 nitrogen and oxygen atoms in total. The van der Waals surface area contributed by atoms with Crippen LogP contribution in [-0.4, -0.2) is 22.1 Å². The number of aromatic nitrogens is 2. The molecule has 0 aliphatic heterocycles. The number of carbonyl (C=O) groups excluding carboxylic acids is 2. The molecule has 1 heterocycles. The van der Waals surface area contributed by atoms with Gasteiger partial charge in [0, 0.05) is 17.8 Å². The van der Waals surface area contributed by atoms with Crippen LogP contribution in [0.15, 0.2) is 28.9 Å². The first-order valence-corrected chi connectivity index (χ1v) is 5.89. The number of anilines is 3. The first kappa shape index (κ1) is 13.5. The molecule has 0 unspecified atom stereocenters. The van der Waals surface area contributed by atoms with Crippen LogP contribution < -0.4 is 16.4 Å². The van der Waals surface area contributed by atoms with Crippen LogP contribution in [-0.2, 0) is 4.79 Å². The molecule has 0 saturated carbocycles. The standard InChI is InChI=1S/C12H13N5O3/c1-2-9(18)14-7-3-5-8(6-4-7)15-12(19)10-11(13)17-20-16-10/h3-6H,2H2,1H3,(H2,13,17)(H,14,18)(H,15,19). The topological polar surface area (TPSA) is 123 Å². The lowest BCUT2D eigenvalue weighted by Crippen LogP contribution is -2.14. The number of rotatable bonds is 4. The van der Waals surface area contributed by atoms with E-state index >= 15 is 0 Å². The zero-order valence-corrected chi connectivity index (χ0v) is 10.7. The molecule has 0 aliphatic carbocycles. The number of benzene rings is 1. The maximum Gasteiger partial charge on any atom is 0.281 e. The number of carbonyl (C=O) groups is 2. The molecule has 0 radical (unpaired) electrons. The quantitative estimate of drug-likeness (QED) is 0.771. The molecule has 0 aliphatic rings. The van der Waals surface area contributed by atoms with Crippen LogP contribution in [0.25, 0.3) is 0 Å². The molecule has 104 valence electrons. The Morgan fingerprint density at radius 1 is 1.15 bits per heavy atom. The Hall–Kier alpha value is -2.90. The molecule has 2 rings (SSSR count). The second-order valence-electron chi connectivity index (χ2n) is 3.93. The van der Waals surface area contributed by atoms with Gasteiger partial charge in [-0.1, -0.05) is 6.92 Å². The van der Waals surface area contributed by atoms with E-state index in [0.717, 1.165) is 0 Å². The number of amides is 2. The third-order valence-electron chi connectivity index (χ3n) is 2.48. The van der Waals surface area contributed by atoms with Crippen molar-refractivity contribution in [1.82, 2.24) is 10.3 Å². The molecule has 2 amide bonds. The zero-order chi connectivity index (χ0) is 14.5. The Morgan fingerprint density at radius 3 is 2.25 bits per heavy atom. The van der Waals surface area contributed by atoms with Crippen LogP contribution in [0.1, 0.15) is 23.8 Å². The summed E-state index contributed by atoms with van der Waals surface area (Å²) in [5, 5.41) is 12.0. The highest BCUT2D eigenvalue weighted by atomic mass is 16.6. The van der Waals surface area contributed by atoms with Crippen molar-refractivity contribution in [1.29, 1.82) is 0 Å². The lowest BCUT2D eigenvalue weighted by Gasteiger charge is -2.06. The van der Waals surface area contributed by atoms with Gasteiger partial charge in [-0.05, 0) is 34.6 Å². The Balaban J connectivity index is 2.02. The van der Waals surface area contributed by atoms with E-state index in [9.17, 15) is 9.59 Å². The Kier molecular flexibility index (Phi) is 3.94. The normalized spacial score (nSPS) is 10.1. The second-order valence-corrected chi connectivity index (χ2v) is 3.93. The smallest absolute Gasteiger partial charge is 0.281 e. The van der Waals surface area contributed by atoms with E-state index in [0.29, 0.717) is 17.8 Å². The van der Waals surface area contributed by atoms with Crippen LogP contribution in [0, 0.1) is 0 Å². The third-order valence-corrected chi connectivity index (χ3v) is 2.48. The maximum absolute atomic E-state index is 11.8. The van der Waals surface area contributed by atoms with Crippen molar-refractivity contribution in [3.63, 3.8) is 0 Å². The van der Waals surface area contributed by atoms with Gasteiger partial charge in [-0.3, -0.25) is 9.59 Å². The third kappa shape index (κ3) is 3.10. The van der Waals surface area contributed by atoms with E-state index in [2.05, 4.69) is 25.6 Å². The lowest BCUT2D eigenvalue weighted by atomic mass is 10.2. The zero-order valence-electron chi connectivity index (χ0n) is 10.7. The highest BCUT2D eigenvalue weighted by Crippen LogP contribution is 2.15. The minimum absolute atomic E-state index is 0.0747. The molecule has 0 atom stereocenters. The summed E-state index contributed by atoms with van der Waals surface area (Å²) in [6, 6.07) is 6.64. The molecule has 0 saturated heterocycles. The van der Waals surface area contributed by atoms with Crippen molar-refractivity contribution in [2.75, 3.05) is 16.4 Å². The highest BCUT2D eigenvalue weighted by Gasteiger charge is 2.15. The molecular formula is C12H13N5O3. The molecule has 0 fully saturated rings. The molecule has 1 aromatic heterocycles. The van der Waals surface area contributed by atoms with E-state index in [1.54, 1.807) is 31.2 Å². The van der Waals surface area contributed by atoms with E-state index < -0.39 is 5.91 Å². The van der Waals surface area contributed by atoms with E-state index in [1.165, 1.54) is 0 Å². The van der Waals surface area contributed by atoms with Crippen LogP contribution in [0.5, 0.6) is 0 Å². The molecule has 20 heavy (non-hydrogen) atoms. The van der Waals surface area contributed by atoms with Crippen molar-refractivity contribution in [3.05, 3.63) is 30.0 Å². The van der Waals surface area contributed by atoms with E-state index in [4.69, 9.17) is 5.73 Å². The summed E-state index contributed by atoms with van der Waals surface area (Å²) in [5.74, 6) is -0.674. The van der Waals surface area contributed by atoms with Gasteiger partial charge in [0.05, 0.1) is 0 Å². The SMILES string of the molecule is CCC(=O)Nc1ccc(NC(=O)c2nonc2N)cc1. The van der Waals surface area contributed by atoms with Crippen molar-refractivity contribution >= 4 is 29.0 Å². The summed E-state index contributed by atoms with van der Waals surface area (Å²) in [7, 11) is 0. The molecule has 8 heteroatoms. The van der Waals surface area contributed by atoms with Gasteiger partial charge in [0.2, 0.25) is 17.4 Å². The average molecular weight is 275 g/mol. The fourth-order valence-corrected chi connectivity index (χ4v) is 1.43. The summed E-state index contributed by atoms with van der Waals surface area (Å²) >= 11 is 0. The van der Waals surface area contributed by atoms with Gasteiger partial charge in [-0.2, -0.15) is 0 Å². The van der Waals surface area contributed by atoms with E-state index in [1.807, 2.05) is 0 Å². The Labute approximate surface area is 114 Å². The fraction of sp³-hybridized carbons (Fsp3) is 0.167. The van der Waals surface area contributed by atoms with Crippen molar-refractivity contribution in [2.45, 2.75) is 13.3 Å². The molecule has 4 N–H and O–H groups in total. The number of nitrogens with two attached hydrogens (primary N) is 1. The monoisotopic (exact) mass is 275 g/mol. The van der Waals surface area contributed by atoms with Gasteiger partial charge in [-0.15, -0.1) is 0 Å². The Bertz CT molecular complexity index is 620. The lowest BCUT2D eigenvalue weighted by molar-refractivity contribution is -0.115. The molecular weight excluding hydrogens is 262 g/mol. The van der Waals surface area contributed by atoms with Gasteiger partial charge in [-0.25, -0.2) is 4.63 Å². The second kappa shape index (κ2) is 5.83. The summed E-state index contributed by atoms with van der Waals surface area (Å²) < 4.78 is 4.35. The summed E-state index contributed by atoms with van der Waals surface area (Å²) in [6.07, 6.45) is 0.400. The predicted molar refractivity (Wildman–Crippen MR) is 72.0 cm³/mol. The minimum Gasteiger partial charge on any atom is -0.379 e. The first-order chi connectivity index (χ1) is 9.60. The van der Waals surface area contributed by atoms with Gasteiger partial charge >= 0.3 is 0 Å². The molecule has 0 bridgehead atoms. The molecule has 0 spiro atoms.